The molecule has 0 saturated carbocycles. The summed E-state index contributed by atoms with van der Waals surface area (Å²) < 4.78 is 5.35. The van der Waals surface area contributed by atoms with E-state index in [1.165, 1.54) is 0 Å². The smallest absolute Gasteiger partial charge is 0.251 e. The Morgan fingerprint density at radius 2 is 2.25 bits per heavy atom. The van der Waals surface area contributed by atoms with E-state index in [0.29, 0.717) is 6.54 Å². The molecule has 2 N–H and O–H groups in total. The summed E-state index contributed by atoms with van der Waals surface area (Å²) in [4.78, 5) is 15.0. The molecule has 0 atom stereocenters. The number of carbonyl (C=O) groups is 1. The average molecular weight is 326 g/mol. The molecule has 0 radical (unpaired) electrons. The minimum absolute atomic E-state index is 0.0160. The van der Waals surface area contributed by atoms with Crippen LogP contribution in [-0.2, 0) is 11.2 Å². The summed E-state index contributed by atoms with van der Waals surface area (Å²) in [7, 11) is 0. The molecule has 126 valence electrons. The minimum Gasteiger partial charge on any atom is -0.379 e. The molecule has 0 spiro atoms. The van der Waals surface area contributed by atoms with Crippen molar-refractivity contribution in [2.75, 3.05) is 39.4 Å². The van der Waals surface area contributed by atoms with Gasteiger partial charge in [0.2, 0.25) is 0 Å². The van der Waals surface area contributed by atoms with Crippen molar-refractivity contribution in [1.82, 2.24) is 20.4 Å². The number of aromatic nitrogens is 2. The molecule has 0 bridgehead atoms. The van der Waals surface area contributed by atoms with Crippen LogP contribution in [0.4, 0.5) is 0 Å². The lowest BCUT2D eigenvalue weighted by Gasteiger charge is -2.26. The first-order chi connectivity index (χ1) is 11.8. The second-order valence-electron chi connectivity index (χ2n) is 6.30. The molecule has 4 aliphatic rings. The number of nitrogens with zero attached hydrogens (tertiary/aromatic N) is 2. The quantitative estimate of drug-likeness (QED) is 0.894. The second-order valence-corrected chi connectivity index (χ2v) is 6.30. The highest BCUT2D eigenvalue weighted by atomic mass is 16.5. The maximum absolute atomic E-state index is 12.7. The van der Waals surface area contributed by atoms with Gasteiger partial charge >= 0.3 is 0 Å². The fourth-order valence-electron chi connectivity index (χ4n) is 3.53. The normalized spacial score (nSPS) is 17.8. The molecule has 4 rings (SSSR count). The molecular formula is C18H22N4O2. The van der Waals surface area contributed by atoms with E-state index in [9.17, 15) is 4.79 Å². The van der Waals surface area contributed by atoms with Gasteiger partial charge in [-0.2, -0.15) is 5.10 Å². The number of rotatable bonds is 4. The molecule has 0 aromatic carbocycles. The van der Waals surface area contributed by atoms with Crippen LogP contribution in [-0.4, -0.2) is 60.4 Å². The van der Waals surface area contributed by atoms with Crippen LogP contribution in [0.2, 0.25) is 0 Å². The number of ether oxygens (including phenoxy) is 1. The third kappa shape index (κ3) is 2.95. The molecule has 24 heavy (non-hydrogen) atoms. The molecule has 2 aliphatic heterocycles. The van der Waals surface area contributed by atoms with E-state index in [-0.39, 0.29) is 5.91 Å². The van der Waals surface area contributed by atoms with E-state index < -0.39 is 0 Å². The maximum Gasteiger partial charge on any atom is 0.251 e. The summed E-state index contributed by atoms with van der Waals surface area (Å²) >= 11 is 0. The first-order valence-electron chi connectivity index (χ1n) is 8.57. The van der Waals surface area contributed by atoms with Crippen LogP contribution in [0.1, 0.15) is 28.0 Å². The van der Waals surface area contributed by atoms with E-state index in [4.69, 9.17) is 4.74 Å². The molecule has 0 aromatic rings. The Balaban J connectivity index is 1.48. The number of H-pyrrole nitrogens is 1. The number of hydrogen-bond donors (Lipinski definition) is 2. The number of morpholine rings is 1. The highest BCUT2D eigenvalue weighted by Crippen LogP contribution is 2.36. The van der Waals surface area contributed by atoms with Crippen LogP contribution < -0.4 is 5.32 Å². The molecule has 2 aliphatic carbocycles. The van der Waals surface area contributed by atoms with Gasteiger partial charge in [0.1, 0.15) is 0 Å². The Hall–Kier alpha value is -2.18. The lowest BCUT2D eigenvalue weighted by molar-refractivity contribution is 0.0383. The van der Waals surface area contributed by atoms with Crippen molar-refractivity contribution < 1.29 is 9.53 Å². The molecule has 1 saturated heterocycles. The largest absolute Gasteiger partial charge is 0.379 e. The van der Waals surface area contributed by atoms with Gasteiger partial charge in [0.15, 0.2) is 0 Å². The van der Waals surface area contributed by atoms with Gasteiger partial charge in [0.25, 0.3) is 5.91 Å². The van der Waals surface area contributed by atoms with Crippen molar-refractivity contribution in [2.45, 2.75) is 12.8 Å². The zero-order valence-electron chi connectivity index (χ0n) is 13.7. The van der Waals surface area contributed by atoms with E-state index in [2.05, 4.69) is 32.6 Å². The van der Waals surface area contributed by atoms with E-state index >= 15 is 0 Å². The number of allylic oxidation sites excluding steroid dienone is 1. The Labute approximate surface area is 141 Å². The van der Waals surface area contributed by atoms with E-state index in [1.807, 2.05) is 6.07 Å². The van der Waals surface area contributed by atoms with Gasteiger partial charge in [0.05, 0.1) is 25.1 Å². The van der Waals surface area contributed by atoms with E-state index in [0.717, 1.165) is 73.6 Å². The summed E-state index contributed by atoms with van der Waals surface area (Å²) in [5.41, 5.74) is 5.08. The zero-order chi connectivity index (χ0) is 16.4. The Kier molecular flexibility index (Phi) is 4.32. The first kappa shape index (κ1) is 15.4. The maximum atomic E-state index is 12.7. The van der Waals surface area contributed by atoms with Crippen molar-refractivity contribution in [3.8, 4) is 11.1 Å². The van der Waals surface area contributed by atoms with Gasteiger partial charge in [-0.15, -0.1) is 0 Å². The van der Waals surface area contributed by atoms with Gasteiger partial charge in [-0.3, -0.25) is 14.8 Å². The molecule has 0 aromatic heterocycles. The Morgan fingerprint density at radius 1 is 1.38 bits per heavy atom. The Bertz CT molecular complexity index is 731. The standard InChI is InChI=1S/C18H22N4O2/c23-18(19-5-6-22-7-9-24-10-8-22)15-11-13-12-20-21-16-4-2-1-3-14(15)17(13)16/h2,4,11-12,21H,1,3,5-10H2,(H,19,23). The number of hydrogen-bond acceptors (Lipinski definition) is 4. The SMILES string of the molecule is O=C(NCCN1CCOCC1)c1cc2cn[nH]c3c-2c1CCC=C3. The van der Waals surface area contributed by atoms with Crippen LogP contribution in [0.25, 0.3) is 17.2 Å². The molecule has 1 fully saturated rings. The van der Waals surface area contributed by atoms with Crippen molar-refractivity contribution in [2.24, 2.45) is 0 Å². The van der Waals surface area contributed by atoms with Gasteiger partial charge in [-0.25, -0.2) is 0 Å². The number of carbonyl (C=O) groups excluding carboxylic acids is 1. The number of nitrogens with one attached hydrogen (secondary N) is 2. The molecule has 2 heterocycles. The third-order valence-electron chi connectivity index (χ3n) is 4.78. The lowest BCUT2D eigenvalue weighted by atomic mass is 10.0. The summed E-state index contributed by atoms with van der Waals surface area (Å²) in [6, 6.07) is 1.97. The summed E-state index contributed by atoms with van der Waals surface area (Å²) in [5, 5.41) is 10.3. The van der Waals surface area contributed by atoms with Crippen LogP contribution in [0.15, 0.2) is 18.3 Å². The predicted octanol–water partition coefficient (Wildman–Crippen LogP) is 1.54. The Morgan fingerprint density at radius 3 is 3.12 bits per heavy atom. The minimum atomic E-state index is 0.0160. The highest BCUT2D eigenvalue weighted by molar-refractivity contribution is 6.01. The zero-order valence-corrected chi connectivity index (χ0v) is 13.7. The second kappa shape index (κ2) is 6.75. The van der Waals surface area contributed by atoms with Crippen molar-refractivity contribution >= 4 is 12.0 Å². The highest BCUT2D eigenvalue weighted by Gasteiger charge is 2.24. The van der Waals surface area contributed by atoms with Gasteiger partial charge in [0, 0.05) is 42.9 Å². The van der Waals surface area contributed by atoms with Gasteiger partial charge < -0.3 is 10.1 Å². The van der Waals surface area contributed by atoms with E-state index in [1.54, 1.807) is 6.20 Å². The van der Waals surface area contributed by atoms with Gasteiger partial charge in [-0.1, -0.05) is 6.08 Å². The number of amides is 1. The van der Waals surface area contributed by atoms with Gasteiger partial charge in [-0.05, 0) is 30.5 Å². The van der Waals surface area contributed by atoms with Crippen LogP contribution >= 0.6 is 0 Å². The summed E-state index contributed by atoms with van der Waals surface area (Å²) in [6.07, 6.45) is 7.82. The molecule has 6 heteroatoms. The fraction of sp³-hybridized carbons (Fsp3) is 0.444. The van der Waals surface area contributed by atoms with Crippen LogP contribution in [0.3, 0.4) is 0 Å². The predicted molar refractivity (Wildman–Crippen MR) is 92.2 cm³/mol. The lowest BCUT2D eigenvalue weighted by Crippen LogP contribution is -2.41. The van der Waals surface area contributed by atoms with Crippen LogP contribution in [0.5, 0.6) is 0 Å². The third-order valence-corrected chi connectivity index (χ3v) is 4.78. The first-order valence-corrected chi connectivity index (χ1v) is 8.57. The molecule has 1 amide bonds. The van der Waals surface area contributed by atoms with Crippen LogP contribution in [0, 0.1) is 0 Å². The molecule has 0 unspecified atom stereocenters. The summed E-state index contributed by atoms with van der Waals surface area (Å²) in [6.45, 7) is 4.98. The topological polar surface area (TPSA) is 70.2 Å². The molecule has 6 nitrogen and oxygen atoms in total. The number of aromatic amines is 1. The molecular weight excluding hydrogens is 304 g/mol. The summed E-state index contributed by atoms with van der Waals surface area (Å²) in [5.74, 6) is 0.0160. The fourth-order valence-corrected chi connectivity index (χ4v) is 3.53. The van der Waals surface area contributed by atoms with Crippen molar-refractivity contribution in [3.63, 3.8) is 0 Å². The monoisotopic (exact) mass is 326 g/mol. The van der Waals surface area contributed by atoms with Crippen molar-refractivity contribution in [1.29, 1.82) is 0 Å². The average Bonchev–Trinajstić information content (AvgIpc) is 2.85. The van der Waals surface area contributed by atoms with Crippen molar-refractivity contribution in [3.05, 3.63) is 35.2 Å².